The first kappa shape index (κ1) is 25.7. The van der Waals surface area contributed by atoms with Crippen LogP contribution in [0.2, 0.25) is 0 Å². The molecule has 190 valence electrons. The summed E-state index contributed by atoms with van der Waals surface area (Å²) in [5.74, 6) is 1.98. The second-order valence-electron chi connectivity index (χ2n) is 9.89. The van der Waals surface area contributed by atoms with Gasteiger partial charge >= 0.3 is 0 Å². The van der Waals surface area contributed by atoms with Gasteiger partial charge in [-0.1, -0.05) is 62.4 Å². The van der Waals surface area contributed by atoms with Crippen molar-refractivity contribution in [2.75, 3.05) is 13.1 Å². The summed E-state index contributed by atoms with van der Waals surface area (Å²) in [6, 6.07) is 22.5. The lowest BCUT2D eigenvalue weighted by Crippen LogP contribution is -2.37. The number of carbonyl (C=O) groups is 1. The Bertz CT molecular complexity index is 1060. The highest BCUT2D eigenvalue weighted by Crippen LogP contribution is 2.20. The van der Waals surface area contributed by atoms with Gasteiger partial charge in [0.05, 0.1) is 0 Å². The van der Waals surface area contributed by atoms with Gasteiger partial charge in [0.25, 0.3) is 0 Å². The molecule has 0 saturated carbocycles. The fourth-order valence-corrected chi connectivity index (χ4v) is 4.27. The molecule has 0 bridgehead atoms. The van der Waals surface area contributed by atoms with E-state index in [1.54, 1.807) is 6.20 Å². The second-order valence-corrected chi connectivity index (χ2v) is 9.89. The quantitative estimate of drug-likeness (QED) is 0.394. The van der Waals surface area contributed by atoms with Gasteiger partial charge in [0.1, 0.15) is 18.5 Å². The fraction of sp³-hybridized carbons (Fsp3) is 0.400. The number of hydrogen-bond donors (Lipinski definition) is 1. The molecule has 2 aromatic carbocycles. The number of ether oxygens (including phenoxy) is 2. The maximum absolute atomic E-state index is 11.8. The first-order valence-electron chi connectivity index (χ1n) is 12.9. The van der Waals surface area contributed by atoms with Crippen LogP contribution in [-0.4, -0.2) is 35.0 Å². The predicted octanol–water partition coefficient (Wildman–Crippen LogP) is 5.37. The van der Waals surface area contributed by atoms with E-state index in [4.69, 9.17) is 9.47 Å². The van der Waals surface area contributed by atoms with Gasteiger partial charge in [-0.25, -0.2) is 4.98 Å². The van der Waals surface area contributed by atoms with Crippen molar-refractivity contribution in [1.82, 2.24) is 15.2 Å². The SMILES string of the molecule is CC(C)CC(=O)NCc1ccc(OC2CCN(Cc3ccc(OCc4ccccc4)cc3)CC2)nc1. The number of carbonyl (C=O) groups excluding carboxylic acids is 1. The van der Waals surface area contributed by atoms with Gasteiger partial charge < -0.3 is 14.8 Å². The lowest BCUT2D eigenvalue weighted by molar-refractivity contribution is -0.121. The molecule has 6 nitrogen and oxygen atoms in total. The lowest BCUT2D eigenvalue weighted by Gasteiger charge is -2.31. The fourth-order valence-electron chi connectivity index (χ4n) is 4.27. The largest absolute Gasteiger partial charge is 0.489 e. The number of aromatic nitrogens is 1. The van der Waals surface area contributed by atoms with Crippen LogP contribution < -0.4 is 14.8 Å². The number of piperidine rings is 1. The van der Waals surface area contributed by atoms with E-state index in [1.807, 2.05) is 44.2 Å². The van der Waals surface area contributed by atoms with Gasteiger partial charge in [0, 0.05) is 44.9 Å². The van der Waals surface area contributed by atoms with E-state index < -0.39 is 0 Å². The van der Waals surface area contributed by atoms with E-state index in [9.17, 15) is 4.79 Å². The van der Waals surface area contributed by atoms with Crippen molar-refractivity contribution in [1.29, 1.82) is 0 Å². The van der Waals surface area contributed by atoms with Crippen molar-refractivity contribution < 1.29 is 14.3 Å². The summed E-state index contributed by atoms with van der Waals surface area (Å²) in [6.07, 6.45) is 4.47. The van der Waals surface area contributed by atoms with Gasteiger partial charge in [-0.3, -0.25) is 9.69 Å². The van der Waals surface area contributed by atoms with Crippen LogP contribution in [0.25, 0.3) is 0 Å². The average Bonchev–Trinajstić information content (AvgIpc) is 2.89. The lowest BCUT2D eigenvalue weighted by atomic mass is 10.1. The van der Waals surface area contributed by atoms with E-state index in [2.05, 4.69) is 51.6 Å². The molecule has 6 heteroatoms. The number of rotatable bonds is 11. The Morgan fingerprint density at radius 1 is 0.972 bits per heavy atom. The summed E-state index contributed by atoms with van der Waals surface area (Å²) in [5.41, 5.74) is 3.44. The molecule has 1 N–H and O–H groups in total. The van der Waals surface area contributed by atoms with Crippen LogP contribution in [0.3, 0.4) is 0 Å². The molecule has 2 heterocycles. The molecule has 3 aromatic rings. The molecule has 1 saturated heterocycles. The summed E-state index contributed by atoms with van der Waals surface area (Å²) < 4.78 is 12.0. The Morgan fingerprint density at radius 3 is 2.36 bits per heavy atom. The third-order valence-corrected chi connectivity index (χ3v) is 6.28. The standard InChI is InChI=1S/C30H37N3O3/c1-23(2)18-29(34)31-19-26-10-13-30(32-20-26)36-28-14-16-33(17-15-28)21-24-8-11-27(12-9-24)35-22-25-6-4-3-5-7-25/h3-13,20,23,28H,14-19,21-22H2,1-2H3,(H,31,34). The maximum atomic E-state index is 11.8. The molecule has 0 unspecified atom stereocenters. The Kier molecular flexibility index (Phi) is 9.33. The molecule has 0 atom stereocenters. The normalized spacial score (nSPS) is 14.5. The summed E-state index contributed by atoms with van der Waals surface area (Å²) in [5, 5.41) is 2.94. The molecule has 4 rings (SSSR count). The van der Waals surface area contributed by atoms with Crippen LogP contribution in [-0.2, 0) is 24.5 Å². The minimum Gasteiger partial charge on any atom is -0.489 e. The third kappa shape index (κ3) is 8.38. The highest BCUT2D eigenvalue weighted by Gasteiger charge is 2.21. The number of nitrogens with one attached hydrogen (secondary N) is 1. The Morgan fingerprint density at radius 2 is 1.69 bits per heavy atom. The van der Waals surface area contributed by atoms with Crippen molar-refractivity contribution >= 4 is 5.91 Å². The van der Waals surface area contributed by atoms with Crippen molar-refractivity contribution in [2.24, 2.45) is 5.92 Å². The minimum atomic E-state index is 0.0735. The first-order valence-corrected chi connectivity index (χ1v) is 12.9. The maximum Gasteiger partial charge on any atom is 0.220 e. The van der Waals surface area contributed by atoms with Crippen LogP contribution in [0.4, 0.5) is 0 Å². The van der Waals surface area contributed by atoms with Crippen molar-refractivity contribution in [3.63, 3.8) is 0 Å². The predicted molar refractivity (Wildman–Crippen MR) is 142 cm³/mol. The van der Waals surface area contributed by atoms with Gasteiger partial charge in [0.2, 0.25) is 11.8 Å². The van der Waals surface area contributed by atoms with Gasteiger partial charge in [0.15, 0.2) is 0 Å². The number of hydrogen-bond acceptors (Lipinski definition) is 5. The van der Waals surface area contributed by atoms with Crippen LogP contribution in [0, 0.1) is 5.92 Å². The summed E-state index contributed by atoms with van der Waals surface area (Å²) in [6.45, 7) is 8.09. The van der Waals surface area contributed by atoms with E-state index in [1.165, 1.54) is 11.1 Å². The zero-order valence-corrected chi connectivity index (χ0v) is 21.4. The van der Waals surface area contributed by atoms with Crippen molar-refractivity contribution in [3.8, 4) is 11.6 Å². The molecule has 1 amide bonds. The van der Waals surface area contributed by atoms with Crippen molar-refractivity contribution in [3.05, 3.63) is 89.6 Å². The van der Waals surface area contributed by atoms with Crippen molar-refractivity contribution in [2.45, 2.75) is 58.9 Å². The molecule has 1 aromatic heterocycles. The molecule has 0 spiro atoms. The molecule has 1 aliphatic heterocycles. The number of nitrogens with zero attached hydrogens (tertiary/aromatic N) is 2. The summed E-state index contributed by atoms with van der Waals surface area (Å²) in [7, 11) is 0. The van der Waals surface area contributed by atoms with Gasteiger partial charge in [-0.05, 0) is 47.6 Å². The molecule has 1 fully saturated rings. The molecular weight excluding hydrogens is 450 g/mol. The molecular formula is C30H37N3O3. The van der Waals surface area contributed by atoms with Crippen LogP contribution in [0.15, 0.2) is 72.9 Å². The smallest absolute Gasteiger partial charge is 0.220 e. The number of benzene rings is 2. The summed E-state index contributed by atoms with van der Waals surface area (Å²) >= 11 is 0. The number of amides is 1. The molecule has 36 heavy (non-hydrogen) atoms. The van der Waals surface area contributed by atoms with E-state index in [0.29, 0.717) is 31.4 Å². The zero-order chi connectivity index (χ0) is 25.2. The summed E-state index contributed by atoms with van der Waals surface area (Å²) in [4.78, 5) is 18.7. The van der Waals surface area contributed by atoms with Crippen LogP contribution >= 0.6 is 0 Å². The van der Waals surface area contributed by atoms with E-state index in [0.717, 1.165) is 43.8 Å². The second kappa shape index (κ2) is 13.1. The highest BCUT2D eigenvalue weighted by molar-refractivity contribution is 5.76. The van der Waals surface area contributed by atoms with Crippen LogP contribution in [0.1, 0.15) is 49.8 Å². The zero-order valence-electron chi connectivity index (χ0n) is 21.4. The highest BCUT2D eigenvalue weighted by atomic mass is 16.5. The van der Waals surface area contributed by atoms with E-state index in [-0.39, 0.29) is 12.0 Å². The Hall–Kier alpha value is -3.38. The third-order valence-electron chi connectivity index (χ3n) is 6.28. The monoisotopic (exact) mass is 487 g/mol. The Balaban J connectivity index is 1.15. The van der Waals surface area contributed by atoms with Crippen LogP contribution in [0.5, 0.6) is 11.6 Å². The topological polar surface area (TPSA) is 63.7 Å². The first-order chi connectivity index (χ1) is 17.5. The average molecular weight is 488 g/mol. The molecule has 1 aliphatic rings. The minimum absolute atomic E-state index is 0.0735. The van der Waals surface area contributed by atoms with Gasteiger partial charge in [-0.15, -0.1) is 0 Å². The Labute approximate surface area is 214 Å². The molecule has 0 aliphatic carbocycles. The number of likely N-dealkylation sites (tertiary alicyclic amines) is 1. The van der Waals surface area contributed by atoms with E-state index >= 15 is 0 Å². The molecule has 0 radical (unpaired) electrons. The number of pyridine rings is 1. The van der Waals surface area contributed by atoms with Gasteiger partial charge in [-0.2, -0.15) is 0 Å².